The molecule has 3 heterocycles. The van der Waals surface area contributed by atoms with E-state index in [0.717, 1.165) is 28.0 Å². The quantitative estimate of drug-likeness (QED) is 0.429. The summed E-state index contributed by atoms with van der Waals surface area (Å²) in [6, 6.07) is 7.98. The van der Waals surface area contributed by atoms with E-state index < -0.39 is 5.97 Å². The summed E-state index contributed by atoms with van der Waals surface area (Å²) in [7, 11) is 1.29. The molecule has 4 aromatic rings. The molecule has 3 aromatic heterocycles. The summed E-state index contributed by atoms with van der Waals surface area (Å²) in [6.07, 6.45) is 1.53. The highest BCUT2D eigenvalue weighted by molar-refractivity contribution is 7.17. The molecule has 0 saturated carbocycles. The second-order valence-corrected chi connectivity index (χ2v) is 9.02. The Morgan fingerprint density at radius 3 is 2.66 bits per heavy atom. The normalized spacial score (nSPS) is 11.0. The van der Waals surface area contributed by atoms with Gasteiger partial charge in [0.15, 0.2) is 5.13 Å². The summed E-state index contributed by atoms with van der Waals surface area (Å²) in [5.74, 6) is -0.808. The lowest BCUT2D eigenvalue weighted by atomic mass is 10.1. The third-order valence-electron chi connectivity index (χ3n) is 4.92. The number of benzene rings is 1. The van der Waals surface area contributed by atoms with Crippen LogP contribution in [0, 0.1) is 13.8 Å². The van der Waals surface area contributed by atoms with Crippen LogP contribution < -0.4 is 10.9 Å². The van der Waals surface area contributed by atoms with Crippen LogP contribution in [0.1, 0.15) is 27.3 Å². The van der Waals surface area contributed by atoms with Crippen molar-refractivity contribution >= 4 is 49.9 Å². The van der Waals surface area contributed by atoms with Crippen molar-refractivity contribution in [3.63, 3.8) is 0 Å². The molecule has 0 saturated heterocycles. The van der Waals surface area contributed by atoms with Gasteiger partial charge in [-0.2, -0.15) is 0 Å². The smallest absolute Gasteiger partial charge is 0.350 e. The Kier molecular flexibility index (Phi) is 6.15. The molecular formula is C22H20N4O4S2. The number of aromatic nitrogens is 3. The second kappa shape index (κ2) is 9.01. The lowest BCUT2D eigenvalue weighted by Crippen LogP contribution is -2.23. The molecule has 0 fully saturated rings. The number of nitrogens with one attached hydrogen (secondary N) is 1. The molecule has 0 aliphatic carbocycles. The summed E-state index contributed by atoms with van der Waals surface area (Å²) in [6.45, 7) is 3.86. The van der Waals surface area contributed by atoms with E-state index in [1.54, 1.807) is 6.92 Å². The van der Waals surface area contributed by atoms with Crippen LogP contribution in [0.25, 0.3) is 21.3 Å². The minimum absolute atomic E-state index is 0.0588. The number of thiazole rings is 1. The molecule has 32 heavy (non-hydrogen) atoms. The van der Waals surface area contributed by atoms with E-state index in [1.165, 1.54) is 29.3 Å². The van der Waals surface area contributed by atoms with Gasteiger partial charge in [-0.15, -0.1) is 11.3 Å². The van der Waals surface area contributed by atoms with Gasteiger partial charge < -0.3 is 10.1 Å². The standard InChI is InChI=1S/C22H20N4O4S2/c1-12-4-6-14(7-5-12)15-10-31-19-17(15)20(28)26(11-23-19)9-8-16(27)25-22-24-13(2)18(32-22)21(29)30-3/h4-7,10-11H,8-9H2,1-3H3,(H,24,25,27). The van der Waals surface area contributed by atoms with E-state index in [1.807, 2.05) is 36.6 Å². The number of carbonyl (C=O) groups excluding carboxylic acids is 2. The van der Waals surface area contributed by atoms with Crippen molar-refractivity contribution in [2.75, 3.05) is 12.4 Å². The van der Waals surface area contributed by atoms with Crippen molar-refractivity contribution in [3.8, 4) is 11.1 Å². The summed E-state index contributed by atoms with van der Waals surface area (Å²) in [4.78, 5) is 46.8. The predicted octanol–water partition coefficient (Wildman–Crippen LogP) is 4.01. The van der Waals surface area contributed by atoms with Crippen molar-refractivity contribution < 1.29 is 14.3 Å². The molecule has 0 spiro atoms. The molecule has 1 amide bonds. The van der Waals surface area contributed by atoms with Crippen molar-refractivity contribution in [1.29, 1.82) is 0 Å². The Labute approximate surface area is 191 Å². The summed E-state index contributed by atoms with van der Waals surface area (Å²) in [5, 5.41) is 5.48. The van der Waals surface area contributed by atoms with Gasteiger partial charge in [0.2, 0.25) is 5.91 Å². The number of amides is 1. The fraction of sp³-hybridized carbons (Fsp3) is 0.227. The first-order valence-electron chi connectivity index (χ1n) is 9.76. The number of esters is 1. The van der Waals surface area contributed by atoms with E-state index in [2.05, 4.69) is 15.3 Å². The Balaban J connectivity index is 1.51. The largest absolute Gasteiger partial charge is 0.465 e. The zero-order valence-electron chi connectivity index (χ0n) is 17.7. The molecule has 0 atom stereocenters. The summed E-state index contributed by atoms with van der Waals surface area (Å²) >= 11 is 2.47. The van der Waals surface area contributed by atoms with Gasteiger partial charge in [-0.05, 0) is 19.4 Å². The van der Waals surface area contributed by atoms with E-state index >= 15 is 0 Å². The number of ether oxygens (including phenoxy) is 1. The van der Waals surface area contributed by atoms with E-state index in [9.17, 15) is 14.4 Å². The molecule has 0 bridgehead atoms. The molecule has 1 aromatic carbocycles. The molecule has 8 nitrogen and oxygen atoms in total. The van der Waals surface area contributed by atoms with Gasteiger partial charge >= 0.3 is 5.97 Å². The van der Waals surface area contributed by atoms with Crippen LogP contribution >= 0.6 is 22.7 Å². The first kappa shape index (κ1) is 21.8. The first-order chi connectivity index (χ1) is 15.4. The van der Waals surface area contributed by atoms with Gasteiger partial charge in [-0.3, -0.25) is 14.2 Å². The third kappa shape index (κ3) is 4.32. The number of carbonyl (C=O) groups is 2. The third-order valence-corrected chi connectivity index (χ3v) is 6.86. The highest BCUT2D eigenvalue weighted by atomic mass is 32.1. The topological polar surface area (TPSA) is 103 Å². The minimum atomic E-state index is -0.494. The van der Waals surface area contributed by atoms with Gasteiger partial charge in [-0.25, -0.2) is 14.8 Å². The highest BCUT2D eigenvalue weighted by Gasteiger charge is 2.18. The molecule has 1 N–H and O–H groups in total. The van der Waals surface area contributed by atoms with Crippen LogP contribution in [0.15, 0.2) is 40.8 Å². The molecule has 0 aliphatic rings. The number of rotatable bonds is 6. The molecule has 0 unspecified atom stereocenters. The number of nitrogens with zero attached hydrogens (tertiary/aromatic N) is 3. The number of methoxy groups -OCH3 is 1. The number of aryl methyl sites for hydroxylation is 3. The maximum absolute atomic E-state index is 13.1. The number of hydrogen-bond acceptors (Lipinski definition) is 8. The summed E-state index contributed by atoms with van der Waals surface area (Å²) < 4.78 is 6.15. The van der Waals surface area contributed by atoms with E-state index in [-0.39, 0.29) is 24.4 Å². The zero-order chi connectivity index (χ0) is 22.8. The Morgan fingerprint density at radius 1 is 1.19 bits per heavy atom. The van der Waals surface area contributed by atoms with Crippen LogP contribution in [-0.2, 0) is 16.1 Å². The lowest BCUT2D eigenvalue weighted by Gasteiger charge is -2.06. The number of hydrogen-bond donors (Lipinski definition) is 1. The zero-order valence-corrected chi connectivity index (χ0v) is 19.3. The van der Waals surface area contributed by atoms with E-state index in [0.29, 0.717) is 25.9 Å². The minimum Gasteiger partial charge on any atom is -0.465 e. The van der Waals surface area contributed by atoms with Crippen LogP contribution in [0.4, 0.5) is 5.13 Å². The Bertz CT molecular complexity index is 1370. The Morgan fingerprint density at radius 2 is 1.94 bits per heavy atom. The first-order valence-corrected chi connectivity index (χ1v) is 11.5. The SMILES string of the molecule is COC(=O)c1sc(NC(=O)CCn2cnc3scc(-c4ccc(C)cc4)c3c2=O)nc1C. The molecule has 0 radical (unpaired) electrons. The van der Waals surface area contributed by atoms with Gasteiger partial charge in [0.05, 0.1) is 24.5 Å². The van der Waals surface area contributed by atoms with Crippen LogP contribution in [-0.4, -0.2) is 33.5 Å². The number of anilines is 1. The average molecular weight is 469 g/mol. The summed E-state index contributed by atoms with van der Waals surface area (Å²) in [5.41, 5.74) is 3.25. The van der Waals surface area contributed by atoms with E-state index in [4.69, 9.17) is 4.74 Å². The van der Waals surface area contributed by atoms with Crippen molar-refractivity contribution in [2.45, 2.75) is 26.8 Å². The van der Waals surface area contributed by atoms with Crippen LogP contribution in [0.5, 0.6) is 0 Å². The Hall–Kier alpha value is -3.37. The monoisotopic (exact) mass is 468 g/mol. The average Bonchev–Trinajstić information content (AvgIpc) is 3.37. The number of fused-ring (bicyclic) bond motifs is 1. The van der Waals surface area contributed by atoms with Crippen molar-refractivity contribution in [1.82, 2.24) is 14.5 Å². The van der Waals surface area contributed by atoms with Crippen molar-refractivity contribution in [2.24, 2.45) is 0 Å². The fourth-order valence-corrected chi connectivity index (χ4v) is 5.02. The van der Waals surface area contributed by atoms with Crippen LogP contribution in [0.3, 0.4) is 0 Å². The maximum atomic E-state index is 13.1. The van der Waals surface area contributed by atoms with Gasteiger partial charge in [0, 0.05) is 23.9 Å². The van der Waals surface area contributed by atoms with Crippen LogP contribution in [0.2, 0.25) is 0 Å². The predicted molar refractivity (Wildman–Crippen MR) is 125 cm³/mol. The lowest BCUT2D eigenvalue weighted by molar-refractivity contribution is -0.116. The molecular weight excluding hydrogens is 448 g/mol. The molecule has 10 heteroatoms. The maximum Gasteiger partial charge on any atom is 0.350 e. The van der Waals surface area contributed by atoms with Gasteiger partial charge in [-0.1, -0.05) is 41.2 Å². The number of thiophene rings is 1. The fourth-order valence-electron chi connectivity index (χ4n) is 3.21. The van der Waals surface area contributed by atoms with Gasteiger partial charge in [0.25, 0.3) is 5.56 Å². The highest BCUT2D eigenvalue weighted by Crippen LogP contribution is 2.30. The molecule has 0 aliphatic heterocycles. The van der Waals surface area contributed by atoms with Crippen molar-refractivity contribution in [3.05, 3.63) is 62.5 Å². The molecule has 164 valence electrons. The molecule has 4 rings (SSSR count). The second-order valence-electron chi connectivity index (χ2n) is 7.16. The van der Waals surface area contributed by atoms with Gasteiger partial charge in [0.1, 0.15) is 9.71 Å².